The number of amidine groups is 1. The first-order valence-corrected chi connectivity index (χ1v) is 6.33. The van der Waals surface area contributed by atoms with Crippen LogP contribution in [0.15, 0.2) is 29.3 Å². The highest BCUT2D eigenvalue weighted by molar-refractivity contribution is 8.15. The fraction of sp³-hybridized carbons (Fsp3) is 0.250. The van der Waals surface area contributed by atoms with E-state index in [4.69, 9.17) is 0 Å². The third-order valence-corrected chi connectivity index (χ3v) is 3.78. The minimum absolute atomic E-state index is 0.133. The van der Waals surface area contributed by atoms with Crippen molar-refractivity contribution in [1.29, 1.82) is 0 Å². The first-order chi connectivity index (χ1) is 8.97. The van der Waals surface area contributed by atoms with Crippen molar-refractivity contribution in [2.45, 2.75) is 11.7 Å². The number of hydrogen-bond donors (Lipinski definition) is 0. The van der Waals surface area contributed by atoms with Crippen molar-refractivity contribution < 1.29 is 19.1 Å². The SMILES string of the molecule is CN1C(=O)CC(C(=O)[O-])SC1=Nc1cccc(F)c1. The Kier molecular flexibility index (Phi) is 3.84. The highest BCUT2D eigenvalue weighted by Gasteiger charge is 2.30. The Balaban J connectivity index is 2.30. The van der Waals surface area contributed by atoms with Crippen molar-refractivity contribution in [3.63, 3.8) is 0 Å². The lowest BCUT2D eigenvalue weighted by atomic mass is 10.3. The van der Waals surface area contributed by atoms with Crippen molar-refractivity contribution in [2.75, 3.05) is 7.05 Å². The number of hydrogen-bond acceptors (Lipinski definition) is 5. The average Bonchev–Trinajstić information content (AvgIpc) is 2.34. The van der Waals surface area contributed by atoms with E-state index >= 15 is 0 Å². The highest BCUT2D eigenvalue weighted by atomic mass is 32.2. The summed E-state index contributed by atoms with van der Waals surface area (Å²) in [5, 5.41) is 10.1. The second-order valence-corrected chi connectivity index (χ2v) is 5.13. The molecule has 0 radical (unpaired) electrons. The molecule has 2 rings (SSSR count). The van der Waals surface area contributed by atoms with Gasteiger partial charge in [-0.05, 0) is 18.2 Å². The molecule has 0 spiro atoms. The summed E-state index contributed by atoms with van der Waals surface area (Å²) >= 11 is 0.923. The van der Waals surface area contributed by atoms with Crippen molar-refractivity contribution in [3.8, 4) is 0 Å². The van der Waals surface area contributed by atoms with Crippen LogP contribution in [0.4, 0.5) is 10.1 Å². The van der Waals surface area contributed by atoms with Gasteiger partial charge in [-0.3, -0.25) is 9.69 Å². The molecule has 1 unspecified atom stereocenters. The summed E-state index contributed by atoms with van der Waals surface area (Å²) in [7, 11) is 1.50. The molecule has 1 saturated heterocycles. The van der Waals surface area contributed by atoms with Gasteiger partial charge in [0.2, 0.25) is 5.91 Å². The molecule has 0 aromatic heterocycles. The summed E-state index contributed by atoms with van der Waals surface area (Å²) in [6.07, 6.45) is -0.133. The molecular weight excluding hydrogens is 271 g/mol. The van der Waals surface area contributed by atoms with E-state index < -0.39 is 17.0 Å². The zero-order valence-corrected chi connectivity index (χ0v) is 10.8. The number of carbonyl (C=O) groups excluding carboxylic acids is 2. The molecular formula is C12H10FN2O3S-. The second kappa shape index (κ2) is 5.40. The standard InChI is InChI=1S/C12H11FN2O3S/c1-15-10(16)6-9(11(17)18)19-12(15)14-8-4-2-3-7(13)5-8/h2-5,9H,6H2,1H3,(H,17,18)/p-1. The largest absolute Gasteiger partial charge is 0.549 e. The third-order valence-electron chi connectivity index (χ3n) is 2.56. The molecule has 1 heterocycles. The number of rotatable bonds is 2. The minimum Gasteiger partial charge on any atom is -0.549 e. The van der Waals surface area contributed by atoms with Crippen LogP contribution in [0.5, 0.6) is 0 Å². The smallest absolute Gasteiger partial charge is 0.229 e. The molecule has 1 aromatic rings. The molecule has 0 saturated carbocycles. The molecule has 1 amide bonds. The number of nitrogens with zero attached hydrogens (tertiary/aromatic N) is 2. The molecule has 1 aliphatic heterocycles. The van der Waals surface area contributed by atoms with Crippen LogP contribution in [0, 0.1) is 5.82 Å². The van der Waals surface area contributed by atoms with Crippen molar-refractivity contribution in [3.05, 3.63) is 30.1 Å². The van der Waals surface area contributed by atoms with Gasteiger partial charge in [-0.1, -0.05) is 17.8 Å². The van der Waals surface area contributed by atoms with Gasteiger partial charge in [0.25, 0.3) is 0 Å². The van der Waals surface area contributed by atoms with E-state index in [1.54, 1.807) is 6.07 Å². The number of thioether (sulfide) groups is 1. The van der Waals surface area contributed by atoms with E-state index in [9.17, 15) is 19.1 Å². The maximum atomic E-state index is 13.0. The third kappa shape index (κ3) is 3.11. The predicted octanol–water partition coefficient (Wildman–Crippen LogP) is 0.527. The van der Waals surface area contributed by atoms with Gasteiger partial charge in [0.1, 0.15) is 5.82 Å². The van der Waals surface area contributed by atoms with Gasteiger partial charge >= 0.3 is 0 Å². The highest BCUT2D eigenvalue weighted by Crippen LogP contribution is 2.27. The molecule has 1 aliphatic rings. The van der Waals surface area contributed by atoms with E-state index in [0.717, 1.165) is 11.8 Å². The van der Waals surface area contributed by atoms with E-state index in [2.05, 4.69) is 4.99 Å². The van der Waals surface area contributed by atoms with Crippen LogP contribution in [-0.2, 0) is 9.59 Å². The maximum absolute atomic E-state index is 13.0. The molecule has 1 fully saturated rings. The molecule has 1 atom stereocenters. The Hall–Kier alpha value is -1.89. The molecule has 0 aliphatic carbocycles. The number of carboxylic acid groups (broad SMARTS) is 1. The van der Waals surface area contributed by atoms with Gasteiger partial charge in [-0.2, -0.15) is 0 Å². The first-order valence-electron chi connectivity index (χ1n) is 5.45. The van der Waals surface area contributed by atoms with E-state index in [1.807, 2.05) is 0 Å². The van der Waals surface area contributed by atoms with Crippen LogP contribution >= 0.6 is 11.8 Å². The Morgan fingerprint density at radius 3 is 2.95 bits per heavy atom. The summed E-state index contributed by atoms with van der Waals surface area (Å²) in [5.74, 6) is -2.12. The summed E-state index contributed by atoms with van der Waals surface area (Å²) in [5.41, 5.74) is 0.321. The topological polar surface area (TPSA) is 72.8 Å². The number of amides is 1. The number of aliphatic imine (C=N–C) groups is 1. The molecule has 0 N–H and O–H groups in total. The summed E-state index contributed by atoms with van der Waals surface area (Å²) in [4.78, 5) is 27.8. The number of aliphatic carboxylic acids is 1. The molecule has 100 valence electrons. The number of carboxylic acids is 1. The van der Waals surface area contributed by atoms with Crippen LogP contribution in [0.2, 0.25) is 0 Å². The molecule has 1 aromatic carbocycles. The Morgan fingerprint density at radius 2 is 2.32 bits per heavy atom. The van der Waals surface area contributed by atoms with Crippen molar-refractivity contribution in [2.24, 2.45) is 4.99 Å². The fourth-order valence-corrected chi connectivity index (χ4v) is 2.53. The van der Waals surface area contributed by atoms with Crippen LogP contribution in [-0.4, -0.2) is 34.2 Å². The minimum atomic E-state index is -1.31. The number of benzene rings is 1. The molecule has 19 heavy (non-hydrogen) atoms. The van der Waals surface area contributed by atoms with Gasteiger partial charge in [-0.15, -0.1) is 0 Å². The predicted molar refractivity (Wildman–Crippen MR) is 67.3 cm³/mol. The Bertz CT molecular complexity index is 562. The summed E-state index contributed by atoms with van der Waals surface area (Å²) in [6, 6.07) is 5.53. The average molecular weight is 281 g/mol. The van der Waals surface area contributed by atoms with Crippen LogP contribution in [0.1, 0.15) is 6.42 Å². The van der Waals surface area contributed by atoms with E-state index in [-0.39, 0.29) is 17.5 Å². The monoisotopic (exact) mass is 281 g/mol. The molecule has 7 heteroatoms. The van der Waals surface area contributed by atoms with Crippen LogP contribution < -0.4 is 5.11 Å². The van der Waals surface area contributed by atoms with Crippen LogP contribution in [0.25, 0.3) is 0 Å². The van der Waals surface area contributed by atoms with Crippen molar-refractivity contribution >= 4 is 34.5 Å². The number of halogens is 1. The quantitative estimate of drug-likeness (QED) is 0.792. The lowest BCUT2D eigenvalue weighted by molar-refractivity contribution is -0.304. The van der Waals surface area contributed by atoms with Gasteiger partial charge in [0.05, 0.1) is 16.9 Å². The molecule has 5 nitrogen and oxygen atoms in total. The second-order valence-electron chi connectivity index (χ2n) is 3.96. The van der Waals surface area contributed by atoms with E-state index in [0.29, 0.717) is 5.69 Å². The van der Waals surface area contributed by atoms with Crippen LogP contribution in [0.3, 0.4) is 0 Å². The van der Waals surface area contributed by atoms with Gasteiger partial charge < -0.3 is 9.90 Å². The maximum Gasteiger partial charge on any atom is 0.229 e. The molecule has 0 bridgehead atoms. The Morgan fingerprint density at radius 1 is 1.58 bits per heavy atom. The Labute approximate surface area is 113 Å². The van der Waals surface area contributed by atoms with E-state index in [1.165, 1.54) is 30.1 Å². The first kappa shape index (κ1) is 13.5. The lowest BCUT2D eigenvalue weighted by Gasteiger charge is -2.29. The zero-order chi connectivity index (χ0) is 14.0. The van der Waals surface area contributed by atoms with Gasteiger partial charge in [0, 0.05) is 13.5 Å². The fourth-order valence-electron chi connectivity index (χ4n) is 1.54. The number of carbonyl (C=O) groups is 2. The summed E-state index contributed by atoms with van der Waals surface area (Å²) in [6.45, 7) is 0. The van der Waals surface area contributed by atoms with Gasteiger partial charge in [-0.25, -0.2) is 9.38 Å². The van der Waals surface area contributed by atoms with Crippen molar-refractivity contribution in [1.82, 2.24) is 4.90 Å². The normalized spacial score (nSPS) is 21.8. The van der Waals surface area contributed by atoms with Gasteiger partial charge in [0.15, 0.2) is 5.17 Å². The summed E-state index contributed by atoms with van der Waals surface area (Å²) < 4.78 is 13.0. The zero-order valence-electron chi connectivity index (χ0n) is 10.00. The lowest BCUT2D eigenvalue weighted by Crippen LogP contribution is -2.45.